The molecule has 4 rings (SSSR count). The summed E-state index contributed by atoms with van der Waals surface area (Å²) in [4.78, 5) is 0. The van der Waals surface area contributed by atoms with E-state index in [1.807, 2.05) is 0 Å². The number of nitrogens with zero attached hydrogens (tertiary/aromatic N) is 2. The van der Waals surface area contributed by atoms with Gasteiger partial charge in [0.1, 0.15) is 11.0 Å². The molecular weight excluding hydrogens is 316 g/mol. The zero-order chi connectivity index (χ0) is 18.6. The minimum atomic E-state index is 0.510. The first-order valence-corrected chi connectivity index (χ1v) is 9.40. The van der Waals surface area contributed by atoms with Gasteiger partial charge in [-0.2, -0.15) is 4.57 Å². The first-order chi connectivity index (χ1) is 12.4. The van der Waals surface area contributed by atoms with E-state index in [9.17, 15) is 0 Å². The van der Waals surface area contributed by atoms with Gasteiger partial charge >= 0.3 is 0 Å². The molecule has 0 unspecified atom stereocenters. The summed E-state index contributed by atoms with van der Waals surface area (Å²) in [5, 5.41) is 2.71. The maximum atomic E-state index is 2.44. The van der Waals surface area contributed by atoms with Crippen LogP contribution in [0.4, 0.5) is 0 Å². The number of para-hydroxylation sites is 1. The number of rotatable bonds is 2. The first-order valence-electron chi connectivity index (χ1n) is 9.40. The minimum Gasteiger partial charge on any atom is -0.236 e. The largest absolute Gasteiger partial charge is 0.286 e. The molecular formula is C24H27N2+. The van der Waals surface area contributed by atoms with Crippen molar-refractivity contribution in [3.63, 3.8) is 0 Å². The van der Waals surface area contributed by atoms with Crippen molar-refractivity contribution in [1.29, 1.82) is 0 Å². The standard InChI is InChI=1S/C24H27N2/c1-15(2)20-13-17(4)23-19-9-7-8-10-21(19)26(24(23)18(20)5)22-12-11-16(3)14-25(22)6/h7-15H,1-6H3/q+1. The average molecular weight is 343 g/mol. The van der Waals surface area contributed by atoms with Crippen LogP contribution in [0.1, 0.15) is 42.0 Å². The van der Waals surface area contributed by atoms with Crippen LogP contribution < -0.4 is 4.57 Å². The van der Waals surface area contributed by atoms with Crippen molar-refractivity contribution in [3.05, 3.63) is 70.9 Å². The summed E-state index contributed by atoms with van der Waals surface area (Å²) in [5.41, 5.74) is 8.07. The van der Waals surface area contributed by atoms with E-state index in [0.29, 0.717) is 5.92 Å². The second-order valence-corrected chi connectivity index (χ2v) is 7.81. The molecule has 2 nitrogen and oxygen atoms in total. The predicted molar refractivity (Wildman–Crippen MR) is 110 cm³/mol. The lowest BCUT2D eigenvalue weighted by Crippen LogP contribution is -2.33. The molecule has 132 valence electrons. The third-order valence-corrected chi connectivity index (χ3v) is 5.53. The van der Waals surface area contributed by atoms with Gasteiger partial charge < -0.3 is 0 Å². The van der Waals surface area contributed by atoms with Crippen molar-refractivity contribution < 1.29 is 4.57 Å². The van der Waals surface area contributed by atoms with E-state index in [4.69, 9.17) is 0 Å². The van der Waals surface area contributed by atoms with Gasteiger partial charge in [0.15, 0.2) is 0 Å². The SMILES string of the molecule is Cc1ccc(-n2c3ccccc3c3c(C)cc(C(C)C)c(C)c32)[n+](C)c1. The minimum absolute atomic E-state index is 0.510. The summed E-state index contributed by atoms with van der Waals surface area (Å²) in [6.45, 7) is 11.2. The topological polar surface area (TPSA) is 8.81 Å². The Morgan fingerprint density at radius 1 is 0.962 bits per heavy atom. The first kappa shape index (κ1) is 16.8. The molecule has 0 aliphatic carbocycles. The number of fused-ring (bicyclic) bond motifs is 3. The maximum absolute atomic E-state index is 2.44. The lowest BCUT2D eigenvalue weighted by molar-refractivity contribution is -0.665. The molecule has 0 saturated heterocycles. The van der Waals surface area contributed by atoms with Crippen molar-refractivity contribution in [2.45, 2.75) is 40.5 Å². The number of aryl methyl sites for hydroxylation is 4. The van der Waals surface area contributed by atoms with Crippen molar-refractivity contribution in [1.82, 2.24) is 4.57 Å². The number of pyridine rings is 1. The Balaban J connectivity index is 2.27. The number of hydrogen-bond acceptors (Lipinski definition) is 0. The Morgan fingerprint density at radius 3 is 2.38 bits per heavy atom. The van der Waals surface area contributed by atoms with E-state index in [0.717, 1.165) is 0 Å². The van der Waals surface area contributed by atoms with Gasteiger partial charge in [-0.25, -0.2) is 4.57 Å². The molecule has 0 aliphatic heterocycles. The second-order valence-electron chi connectivity index (χ2n) is 7.81. The monoisotopic (exact) mass is 343 g/mol. The molecule has 4 aromatic rings. The van der Waals surface area contributed by atoms with Gasteiger partial charge in [-0.15, -0.1) is 0 Å². The quantitative estimate of drug-likeness (QED) is 0.415. The van der Waals surface area contributed by atoms with E-state index < -0.39 is 0 Å². The van der Waals surface area contributed by atoms with Crippen molar-refractivity contribution in [2.75, 3.05) is 0 Å². The highest BCUT2D eigenvalue weighted by atomic mass is 15.1. The highest BCUT2D eigenvalue weighted by molar-refractivity contribution is 6.11. The van der Waals surface area contributed by atoms with Crippen LogP contribution in [0, 0.1) is 20.8 Å². The highest BCUT2D eigenvalue weighted by Gasteiger charge is 2.25. The summed E-state index contributed by atoms with van der Waals surface area (Å²) in [5.74, 6) is 1.71. The van der Waals surface area contributed by atoms with Crippen molar-refractivity contribution in [2.24, 2.45) is 7.05 Å². The normalized spacial score (nSPS) is 11.8. The molecule has 0 saturated carbocycles. The average Bonchev–Trinajstić information content (AvgIpc) is 2.94. The van der Waals surface area contributed by atoms with Crippen LogP contribution in [-0.2, 0) is 7.05 Å². The molecule has 0 bridgehead atoms. The van der Waals surface area contributed by atoms with Crippen LogP contribution in [0.3, 0.4) is 0 Å². The van der Waals surface area contributed by atoms with Gasteiger partial charge in [0.25, 0.3) is 5.82 Å². The summed E-state index contributed by atoms with van der Waals surface area (Å²) in [6.07, 6.45) is 2.20. The van der Waals surface area contributed by atoms with Crippen molar-refractivity contribution in [3.8, 4) is 5.82 Å². The zero-order valence-corrected chi connectivity index (χ0v) is 16.6. The van der Waals surface area contributed by atoms with E-state index in [1.165, 1.54) is 49.9 Å². The molecule has 0 radical (unpaired) electrons. The molecule has 2 aromatic heterocycles. The molecule has 0 spiro atoms. The Hall–Kier alpha value is -2.61. The van der Waals surface area contributed by atoms with Crippen molar-refractivity contribution >= 4 is 21.8 Å². The summed E-state index contributed by atoms with van der Waals surface area (Å²) >= 11 is 0. The summed E-state index contributed by atoms with van der Waals surface area (Å²) in [6, 6.07) is 15.6. The fourth-order valence-electron chi connectivity index (χ4n) is 4.35. The van der Waals surface area contributed by atoms with E-state index >= 15 is 0 Å². The van der Waals surface area contributed by atoms with Gasteiger partial charge in [0.2, 0.25) is 0 Å². The van der Waals surface area contributed by atoms with Crippen LogP contribution in [0.5, 0.6) is 0 Å². The third-order valence-electron chi connectivity index (χ3n) is 5.53. The Kier molecular flexibility index (Phi) is 3.87. The number of hydrogen-bond donors (Lipinski definition) is 0. The number of benzene rings is 2. The van der Waals surface area contributed by atoms with E-state index in [-0.39, 0.29) is 0 Å². The Morgan fingerprint density at radius 2 is 1.69 bits per heavy atom. The summed E-state index contributed by atoms with van der Waals surface area (Å²) in [7, 11) is 2.14. The molecule has 0 N–H and O–H groups in total. The molecule has 0 aliphatic rings. The smallest absolute Gasteiger partial charge is 0.236 e. The van der Waals surface area contributed by atoms with Gasteiger partial charge in [0, 0.05) is 22.4 Å². The highest BCUT2D eigenvalue weighted by Crippen LogP contribution is 2.38. The molecule has 2 aromatic carbocycles. The van der Waals surface area contributed by atoms with Gasteiger partial charge in [-0.1, -0.05) is 32.0 Å². The predicted octanol–water partition coefficient (Wildman–Crippen LogP) is 5.66. The number of aromatic nitrogens is 2. The fourth-order valence-corrected chi connectivity index (χ4v) is 4.35. The van der Waals surface area contributed by atoms with Gasteiger partial charge in [-0.3, -0.25) is 0 Å². The van der Waals surface area contributed by atoms with Crippen LogP contribution in [0.2, 0.25) is 0 Å². The van der Waals surface area contributed by atoms with E-state index in [2.05, 4.69) is 99.5 Å². The fraction of sp³-hybridized carbons (Fsp3) is 0.292. The van der Waals surface area contributed by atoms with Crippen LogP contribution >= 0.6 is 0 Å². The van der Waals surface area contributed by atoms with Gasteiger partial charge in [0.05, 0.1) is 13.2 Å². The molecule has 26 heavy (non-hydrogen) atoms. The zero-order valence-electron chi connectivity index (χ0n) is 16.6. The lowest BCUT2D eigenvalue weighted by atomic mass is 9.92. The molecule has 2 heterocycles. The molecule has 0 amide bonds. The Bertz CT molecular complexity index is 1150. The third kappa shape index (κ3) is 2.36. The van der Waals surface area contributed by atoms with Crippen LogP contribution in [-0.4, -0.2) is 4.57 Å². The summed E-state index contributed by atoms with van der Waals surface area (Å²) < 4.78 is 4.68. The van der Waals surface area contributed by atoms with Crippen LogP contribution in [0.15, 0.2) is 48.7 Å². The lowest BCUT2D eigenvalue weighted by Gasteiger charge is -2.13. The molecule has 2 heteroatoms. The van der Waals surface area contributed by atoms with Gasteiger partial charge in [-0.05, 0) is 61.6 Å². The van der Waals surface area contributed by atoms with Crippen LogP contribution in [0.25, 0.3) is 27.6 Å². The Labute approximate surface area is 155 Å². The maximum Gasteiger partial charge on any atom is 0.286 e. The van der Waals surface area contributed by atoms with E-state index in [1.54, 1.807) is 0 Å². The second kappa shape index (κ2) is 5.98. The molecule has 0 fully saturated rings. The molecule has 0 atom stereocenters.